The third kappa shape index (κ3) is 4.27. The lowest BCUT2D eigenvalue weighted by Crippen LogP contribution is -2.43. The first-order chi connectivity index (χ1) is 9.91. The number of hydrogen-bond donors (Lipinski definition) is 0. The van der Waals surface area contributed by atoms with Gasteiger partial charge in [0.1, 0.15) is 12.4 Å². The molecule has 123 valence electrons. The van der Waals surface area contributed by atoms with Crippen LogP contribution in [0.2, 0.25) is 26.2 Å². The van der Waals surface area contributed by atoms with Crippen molar-refractivity contribution in [1.29, 1.82) is 0 Å². The van der Waals surface area contributed by atoms with Gasteiger partial charge < -0.3 is 4.74 Å². The predicted octanol–water partition coefficient (Wildman–Crippen LogP) is 4.47. The smallest absolute Gasteiger partial charge is 0.185 e. The summed E-state index contributed by atoms with van der Waals surface area (Å²) in [6, 6.07) is 2.33. The molecular weight excluding hydrogens is 324 g/mol. The first-order valence-corrected chi connectivity index (χ1v) is 14.3. The van der Waals surface area contributed by atoms with Gasteiger partial charge in [-0.2, -0.15) is 11.1 Å². The molecule has 1 radical (unpaired) electrons. The average molecular weight is 354 g/mol. The fourth-order valence-corrected chi connectivity index (χ4v) is 6.01. The molecule has 0 N–H and O–H groups in total. The molecule has 22 heavy (non-hydrogen) atoms. The van der Waals surface area contributed by atoms with Crippen LogP contribution in [0.5, 0.6) is 5.75 Å². The number of ether oxygens (including phenoxy) is 1. The van der Waals surface area contributed by atoms with E-state index in [4.69, 9.17) is 15.8 Å². The molecule has 0 saturated carbocycles. The van der Waals surface area contributed by atoms with E-state index in [0.29, 0.717) is 6.61 Å². The second-order valence-electron chi connectivity index (χ2n) is 7.62. The molecule has 1 rings (SSSR count). The van der Waals surface area contributed by atoms with Crippen molar-refractivity contribution in [3.63, 3.8) is 0 Å². The zero-order valence-electron chi connectivity index (χ0n) is 15.4. The van der Waals surface area contributed by atoms with E-state index in [1.54, 1.807) is 6.08 Å². The molecule has 0 atom stereocenters. The van der Waals surface area contributed by atoms with Gasteiger partial charge in [-0.15, -0.1) is 0 Å². The topological polar surface area (TPSA) is 9.23 Å². The highest BCUT2D eigenvalue weighted by atomic mass is 35.6. The lowest BCUT2D eigenvalue weighted by Gasteiger charge is -2.31. The van der Waals surface area contributed by atoms with Crippen LogP contribution >= 0.6 is 11.1 Å². The van der Waals surface area contributed by atoms with Crippen molar-refractivity contribution >= 4 is 37.6 Å². The molecule has 0 spiro atoms. The van der Waals surface area contributed by atoms with Crippen LogP contribution in [-0.2, 0) is 5.41 Å². The van der Waals surface area contributed by atoms with Crippen LogP contribution in [-0.4, -0.2) is 22.8 Å². The third-order valence-corrected chi connectivity index (χ3v) is 7.67. The minimum Gasteiger partial charge on any atom is -0.489 e. The summed E-state index contributed by atoms with van der Waals surface area (Å²) in [6.45, 7) is 22.3. The Morgan fingerprint density at radius 3 is 2.23 bits per heavy atom. The molecule has 0 aliphatic carbocycles. The Morgan fingerprint density at radius 2 is 1.86 bits per heavy atom. The Balaban J connectivity index is 3.82. The second-order valence-corrected chi connectivity index (χ2v) is 16.5. The summed E-state index contributed by atoms with van der Waals surface area (Å²) < 4.78 is 6.13. The third-order valence-electron chi connectivity index (χ3n) is 3.81. The maximum Gasteiger partial charge on any atom is 0.185 e. The molecule has 1 nitrogen and oxygen atoms in total. The molecule has 0 aromatic heterocycles. The Bertz CT molecular complexity index is 552. The van der Waals surface area contributed by atoms with E-state index in [0.717, 1.165) is 5.75 Å². The molecule has 4 heteroatoms. The highest BCUT2D eigenvalue weighted by Crippen LogP contribution is 2.34. The van der Waals surface area contributed by atoms with Crippen LogP contribution in [0, 0.1) is 6.92 Å². The van der Waals surface area contributed by atoms with Crippen molar-refractivity contribution in [2.24, 2.45) is 0 Å². The van der Waals surface area contributed by atoms with Gasteiger partial charge in [0.25, 0.3) is 0 Å². The SMILES string of the molecule is C=CCOc1c([Si](C)(C)Cl)cc([Si](C)C)c(C)c1C(C)(C)C. The largest absolute Gasteiger partial charge is 0.489 e. The highest BCUT2D eigenvalue weighted by molar-refractivity contribution is 7.26. The van der Waals surface area contributed by atoms with Crippen molar-refractivity contribution < 1.29 is 4.74 Å². The number of benzene rings is 1. The van der Waals surface area contributed by atoms with E-state index >= 15 is 0 Å². The van der Waals surface area contributed by atoms with Crippen LogP contribution in [0.3, 0.4) is 0 Å². The Labute approximate surface area is 144 Å². The molecule has 0 heterocycles. The molecule has 0 bridgehead atoms. The maximum atomic E-state index is 6.84. The van der Waals surface area contributed by atoms with Gasteiger partial charge in [0.15, 0.2) is 7.38 Å². The summed E-state index contributed by atoms with van der Waals surface area (Å²) in [6.07, 6.45) is 1.80. The number of rotatable bonds is 5. The molecule has 0 unspecified atom stereocenters. The lowest BCUT2D eigenvalue weighted by atomic mass is 9.83. The van der Waals surface area contributed by atoms with Crippen LogP contribution in [0.15, 0.2) is 18.7 Å². The maximum absolute atomic E-state index is 6.84. The standard InChI is InChI=1S/C18H30ClOSi2/c1-10-11-20-17-15(22(8,9)19)12-14(21(6)7)13(2)16(17)18(3,4)5/h10,12H,1,11H2,2-9H3. The van der Waals surface area contributed by atoms with Gasteiger partial charge >= 0.3 is 0 Å². The van der Waals surface area contributed by atoms with Crippen LogP contribution in [0.25, 0.3) is 0 Å². The molecular formula is C18H30ClOSi2. The summed E-state index contributed by atoms with van der Waals surface area (Å²) in [5.74, 6) is 1.00. The van der Waals surface area contributed by atoms with Crippen LogP contribution in [0.1, 0.15) is 31.9 Å². The zero-order chi connectivity index (χ0) is 17.3. The Hall–Kier alpha value is -0.516. The first kappa shape index (κ1) is 19.5. The molecule has 0 amide bonds. The second kappa shape index (κ2) is 6.94. The summed E-state index contributed by atoms with van der Waals surface area (Å²) in [5.41, 5.74) is 2.72. The van der Waals surface area contributed by atoms with E-state index in [9.17, 15) is 0 Å². The molecule has 1 aromatic rings. The quantitative estimate of drug-likeness (QED) is 0.431. The van der Waals surface area contributed by atoms with E-state index in [2.05, 4.69) is 66.5 Å². The van der Waals surface area contributed by atoms with Gasteiger partial charge in [0.2, 0.25) is 0 Å². The van der Waals surface area contributed by atoms with Gasteiger partial charge in [-0.1, -0.05) is 70.9 Å². The number of halogens is 1. The van der Waals surface area contributed by atoms with Gasteiger partial charge in [0, 0.05) is 5.56 Å². The summed E-state index contributed by atoms with van der Waals surface area (Å²) in [4.78, 5) is 0. The van der Waals surface area contributed by atoms with Crippen molar-refractivity contribution in [2.75, 3.05) is 6.61 Å². The minimum absolute atomic E-state index is 0.0270. The fraction of sp³-hybridized carbons (Fsp3) is 0.556. The Morgan fingerprint density at radius 1 is 1.32 bits per heavy atom. The highest BCUT2D eigenvalue weighted by Gasteiger charge is 2.33. The van der Waals surface area contributed by atoms with E-state index in [1.807, 2.05) is 0 Å². The molecule has 0 saturated heterocycles. The van der Waals surface area contributed by atoms with Gasteiger partial charge in [0.05, 0.1) is 8.80 Å². The van der Waals surface area contributed by atoms with Gasteiger partial charge in [-0.05, 0) is 23.1 Å². The molecule has 0 aliphatic heterocycles. The van der Waals surface area contributed by atoms with Crippen molar-refractivity contribution in [3.05, 3.63) is 29.8 Å². The molecule has 0 aliphatic rings. The summed E-state index contributed by atoms with van der Waals surface area (Å²) in [5, 5.41) is 2.71. The van der Waals surface area contributed by atoms with Crippen LogP contribution < -0.4 is 15.1 Å². The number of hydrogen-bond acceptors (Lipinski definition) is 1. The van der Waals surface area contributed by atoms with Gasteiger partial charge in [-0.25, -0.2) is 0 Å². The Kier molecular flexibility index (Phi) is 6.16. The predicted molar refractivity (Wildman–Crippen MR) is 106 cm³/mol. The van der Waals surface area contributed by atoms with Crippen LogP contribution in [0.4, 0.5) is 0 Å². The minimum atomic E-state index is -2.01. The normalized spacial score (nSPS) is 12.6. The first-order valence-electron chi connectivity index (χ1n) is 7.83. The van der Waals surface area contributed by atoms with E-state index in [1.165, 1.54) is 21.5 Å². The van der Waals surface area contributed by atoms with Gasteiger partial charge in [-0.3, -0.25) is 0 Å². The summed E-state index contributed by atoms with van der Waals surface area (Å²) >= 11 is 6.84. The van der Waals surface area contributed by atoms with E-state index < -0.39 is 16.2 Å². The molecule has 0 fully saturated rings. The van der Waals surface area contributed by atoms with Crippen molar-refractivity contribution in [2.45, 2.75) is 59.3 Å². The summed E-state index contributed by atoms with van der Waals surface area (Å²) in [7, 11) is -2.56. The lowest BCUT2D eigenvalue weighted by molar-refractivity contribution is 0.353. The van der Waals surface area contributed by atoms with E-state index in [-0.39, 0.29) is 5.41 Å². The average Bonchev–Trinajstić information content (AvgIpc) is 2.32. The van der Waals surface area contributed by atoms with Crippen molar-refractivity contribution in [3.8, 4) is 5.75 Å². The molecule has 1 aromatic carbocycles. The fourth-order valence-electron chi connectivity index (χ4n) is 2.91. The zero-order valence-corrected chi connectivity index (χ0v) is 18.1. The van der Waals surface area contributed by atoms with Crippen molar-refractivity contribution in [1.82, 2.24) is 0 Å². The monoisotopic (exact) mass is 353 g/mol.